The summed E-state index contributed by atoms with van der Waals surface area (Å²) in [6.07, 6.45) is 0.0201. The Bertz CT molecular complexity index is 486. The normalized spacial score (nSPS) is 10.9. The van der Waals surface area contributed by atoms with Gasteiger partial charge in [-0.1, -0.05) is 44.2 Å². The molecule has 21 heavy (non-hydrogen) atoms. The molecule has 6 heteroatoms. The standard InChI is InChI=1S/C15H20N2O4/c1-3-10-20-14(18)16-13(12-8-6-5-7-9-12)17-15(19)21-11-4-2/h5-9H,3-4,10-11H2,1-2H3,(H,16,17,18,19). The number of carbonyl (C=O) groups is 2. The van der Waals surface area contributed by atoms with Crippen LogP contribution in [-0.2, 0) is 9.47 Å². The molecular formula is C15H20N2O4. The van der Waals surface area contributed by atoms with Gasteiger partial charge in [0.15, 0.2) is 0 Å². The smallest absolute Gasteiger partial charge is 0.435 e. The molecule has 0 radical (unpaired) electrons. The van der Waals surface area contributed by atoms with E-state index in [2.05, 4.69) is 10.3 Å². The number of ether oxygens (including phenoxy) is 2. The Morgan fingerprint density at radius 1 is 1.05 bits per heavy atom. The van der Waals surface area contributed by atoms with Crippen molar-refractivity contribution in [2.24, 2.45) is 4.99 Å². The van der Waals surface area contributed by atoms with Gasteiger partial charge >= 0.3 is 12.2 Å². The number of alkyl carbamates (subject to hydrolysis) is 1. The maximum absolute atomic E-state index is 11.6. The third-order valence-electron chi connectivity index (χ3n) is 2.34. The second-order valence-electron chi connectivity index (χ2n) is 4.20. The lowest BCUT2D eigenvalue weighted by Crippen LogP contribution is -2.32. The molecule has 0 unspecified atom stereocenters. The number of benzene rings is 1. The van der Waals surface area contributed by atoms with Crippen LogP contribution in [0.4, 0.5) is 9.59 Å². The van der Waals surface area contributed by atoms with Crippen LogP contribution in [0.3, 0.4) is 0 Å². The van der Waals surface area contributed by atoms with Crippen molar-refractivity contribution < 1.29 is 19.1 Å². The quantitative estimate of drug-likeness (QED) is 0.668. The number of hydrogen-bond donors (Lipinski definition) is 1. The minimum absolute atomic E-state index is 0.109. The molecular weight excluding hydrogens is 272 g/mol. The molecule has 1 rings (SSSR count). The average molecular weight is 292 g/mol. The van der Waals surface area contributed by atoms with E-state index >= 15 is 0 Å². The molecule has 1 N–H and O–H groups in total. The minimum atomic E-state index is -0.744. The lowest BCUT2D eigenvalue weighted by molar-refractivity contribution is 0.151. The number of rotatable bonds is 5. The molecule has 0 spiro atoms. The van der Waals surface area contributed by atoms with Crippen LogP contribution in [0.2, 0.25) is 0 Å². The molecule has 0 aliphatic heterocycles. The van der Waals surface area contributed by atoms with Crippen molar-refractivity contribution in [3.63, 3.8) is 0 Å². The van der Waals surface area contributed by atoms with Crippen LogP contribution in [-0.4, -0.2) is 31.2 Å². The molecule has 0 atom stereocenters. The molecule has 1 aromatic carbocycles. The summed E-state index contributed by atoms with van der Waals surface area (Å²) in [7, 11) is 0. The van der Waals surface area contributed by atoms with Gasteiger partial charge < -0.3 is 9.47 Å². The number of hydrogen-bond acceptors (Lipinski definition) is 4. The largest absolute Gasteiger partial charge is 0.449 e. The molecule has 0 heterocycles. The molecule has 6 nitrogen and oxygen atoms in total. The van der Waals surface area contributed by atoms with Gasteiger partial charge in [0.05, 0.1) is 13.2 Å². The summed E-state index contributed by atoms with van der Waals surface area (Å²) in [6.45, 7) is 4.36. The number of nitrogens with one attached hydrogen (secondary N) is 1. The van der Waals surface area contributed by atoms with Crippen molar-refractivity contribution in [2.45, 2.75) is 26.7 Å². The zero-order valence-corrected chi connectivity index (χ0v) is 12.3. The molecule has 2 amide bonds. The monoisotopic (exact) mass is 292 g/mol. The predicted octanol–water partition coefficient (Wildman–Crippen LogP) is 3.12. The summed E-state index contributed by atoms with van der Waals surface area (Å²) in [5, 5.41) is 2.46. The minimum Gasteiger partial charge on any atom is -0.449 e. The molecule has 0 fully saturated rings. The molecule has 1 aromatic rings. The Morgan fingerprint density at radius 2 is 1.67 bits per heavy atom. The first kappa shape index (κ1) is 16.7. The third-order valence-corrected chi connectivity index (χ3v) is 2.34. The topological polar surface area (TPSA) is 77.0 Å². The van der Waals surface area contributed by atoms with E-state index in [1.165, 1.54) is 0 Å². The van der Waals surface area contributed by atoms with Crippen LogP contribution < -0.4 is 5.32 Å². The number of aliphatic imine (C=N–C) groups is 1. The van der Waals surface area contributed by atoms with Gasteiger partial charge in [-0.2, -0.15) is 4.99 Å². The van der Waals surface area contributed by atoms with Crippen LogP contribution in [0.25, 0.3) is 0 Å². The average Bonchev–Trinajstić information content (AvgIpc) is 2.51. The highest BCUT2D eigenvalue weighted by Gasteiger charge is 2.12. The molecule has 0 bridgehead atoms. The maximum Gasteiger partial charge on any atom is 0.435 e. The SMILES string of the molecule is CCCOC(=O)N=C(NC(=O)OCCC)c1ccccc1. The lowest BCUT2D eigenvalue weighted by Gasteiger charge is -2.09. The number of amidine groups is 1. The fourth-order valence-corrected chi connectivity index (χ4v) is 1.40. The first-order valence-electron chi connectivity index (χ1n) is 6.92. The summed E-state index contributed by atoms with van der Waals surface area (Å²) in [6, 6.07) is 8.84. The molecule has 114 valence electrons. The maximum atomic E-state index is 11.6. The predicted molar refractivity (Wildman–Crippen MR) is 79.4 cm³/mol. The van der Waals surface area contributed by atoms with E-state index < -0.39 is 12.2 Å². The highest BCUT2D eigenvalue weighted by atomic mass is 16.6. The highest BCUT2D eigenvalue weighted by Crippen LogP contribution is 2.01. The Morgan fingerprint density at radius 3 is 2.29 bits per heavy atom. The summed E-state index contributed by atoms with van der Waals surface area (Å²) in [4.78, 5) is 27.0. The van der Waals surface area contributed by atoms with Gasteiger partial charge in [0.1, 0.15) is 5.84 Å². The van der Waals surface area contributed by atoms with Gasteiger partial charge in [-0.25, -0.2) is 9.59 Å². The van der Waals surface area contributed by atoms with E-state index in [9.17, 15) is 9.59 Å². The molecule has 0 saturated carbocycles. The number of nitrogens with zero attached hydrogens (tertiary/aromatic N) is 1. The number of carbonyl (C=O) groups excluding carboxylic acids is 2. The van der Waals surface area contributed by atoms with Gasteiger partial charge in [-0.15, -0.1) is 0 Å². The summed E-state index contributed by atoms with van der Waals surface area (Å²) in [5.74, 6) is 0.109. The number of amides is 2. The summed E-state index contributed by atoms with van der Waals surface area (Å²) >= 11 is 0. The Balaban J connectivity index is 2.82. The van der Waals surface area contributed by atoms with Crippen LogP contribution in [0.5, 0.6) is 0 Å². The molecule has 0 aliphatic carbocycles. The zero-order chi connectivity index (χ0) is 15.5. The summed E-state index contributed by atoms with van der Waals surface area (Å²) in [5.41, 5.74) is 0.597. The fraction of sp³-hybridized carbons (Fsp3) is 0.400. The van der Waals surface area contributed by atoms with Gasteiger partial charge in [0, 0.05) is 5.56 Å². The van der Waals surface area contributed by atoms with Crippen molar-refractivity contribution in [3.8, 4) is 0 Å². The van der Waals surface area contributed by atoms with Crippen molar-refractivity contribution in [3.05, 3.63) is 35.9 Å². The van der Waals surface area contributed by atoms with Gasteiger partial charge in [0.25, 0.3) is 0 Å². The van der Waals surface area contributed by atoms with E-state index in [1.807, 2.05) is 19.9 Å². The van der Waals surface area contributed by atoms with Crippen LogP contribution in [0, 0.1) is 0 Å². The molecule has 0 saturated heterocycles. The van der Waals surface area contributed by atoms with Crippen molar-refractivity contribution in [1.82, 2.24) is 5.32 Å². The fourth-order valence-electron chi connectivity index (χ4n) is 1.40. The van der Waals surface area contributed by atoms with Crippen LogP contribution in [0.15, 0.2) is 35.3 Å². The molecule has 0 aromatic heterocycles. The second kappa shape index (κ2) is 9.52. The van der Waals surface area contributed by atoms with Crippen molar-refractivity contribution in [1.29, 1.82) is 0 Å². The first-order chi connectivity index (χ1) is 10.2. The van der Waals surface area contributed by atoms with Gasteiger partial charge in [-0.05, 0) is 12.8 Å². The Labute approximate surface area is 124 Å². The van der Waals surface area contributed by atoms with Crippen molar-refractivity contribution in [2.75, 3.05) is 13.2 Å². The lowest BCUT2D eigenvalue weighted by atomic mass is 10.2. The Kier molecular flexibility index (Phi) is 7.56. The van der Waals surface area contributed by atoms with E-state index in [0.717, 1.165) is 0 Å². The second-order valence-corrected chi connectivity index (χ2v) is 4.20. The van der Waals surface area contributed by atoms with E-state index in [0.29, 0.717) is 25.0 Å². The van der Waals surface area contributed by atoms with Crippen molar-refractivity contribution >= 4 is 18.0 Å². The first-order valence-corrected chi connectivity index (χ1v) is 6.92. The summed E-state index contributed by atoms with van der Waals surface area (Å²) < 4.78 is 9.81. The van der Waals surface area contributed by atoms with Gasteiger partial charge in [0.2, 0.25) is 0 Å². The van der Waals surface area contributed by atoms with Crippen LogP contribution in [0.1, 0.15) is 32.3 Å². The third kappa shape index (κ3) is 6.56. The zero-order valence-electron chi connectivity index (χ0n) is 12.3. The highest BCUT2D eigenvalue weighted by molar-refractivity contribution is 6.09. The van der Waals surface area contributed by atoms with Gasteiger partial charge in [-0.3, -0.25) is 5.32 Å². The van der Waals surface area contributed by atoms with E-state index in [-0.39, 0.29) is 12.4 Å². The van der Waals surface area contributed by atoms with Crippen LogP contribution >= 0.6 is 0 Å². The molecule has 0 aliphatic rings. The van der Waals surface area contributed by atoms with E-state index in [1.54, 1.807) is 24.3 Å². The van der Waals surface area contributed by atoms with E-state index in [4.69, 9.17) is 9.47 Å². The Hall–Kier alpha value is -2.37.